The average Bonchev–Trinajstić information content (AvgIpc) is 2.80. The summed E-state index contributed by atoms with van der Waals surface area (Å²) < 4.78 is 11.7. The van der Waals surface area contributed by atoms with Gasteiger partial charge in [0.05, 0.1) is 24.8 Å². The summed E-state index contributed by atoms with van der Waals surface area (Å²) in [5, 5.41) is 6.13. The van der Waals surface area contributed by atoms with Crippen LogP contribution in [-0.4, -0.2) is 43.2 Å². The van der Waals surface area contributed by atoms with Crippen molar-refractivity contribution in [2.75, 3.05) is 19.8 Å². The standard InChI is InChI=1S/C20H26N2O4/c23-18(22-15-4-3-11-25-12-15)14-7-9-20(10-8-14)13-21-19(24)16-5-1-2-6-17(16)26-20/h1-2,5-6,14-15H,3-4,7-13H2,(H,21,24)(H,22,23). The first-order chi connectivity index (χ1) is 12.7. The molecule has 2 amide bonds. The van der Waals surface area contributed by atoms with E-state index in [4.69, 9.17) is 9.47 Å². The molecular weight excluding hydrogens is 332 g/mol. The molecule has 26 heavy (non-hydrogen) atoms. The average molecular weight is 358 g/mol. The van der Waals surface area contributed by atoms with Crippen LogP contribution in [0.2, 0.25) is 0 Å². The smallest absolute Gasteiger partial charge is 0.255 e. The normalized spacial score (nSPS) is 31.3. The van der Waals surface area contributed by atoms with Crippen molar-refractivity contribution in [2.24, 2.45) is 5.92 Å². The van der Waals surface area contributed by atoms with Gasteiger partial charge in [-0.25, -0.2) is 0 Å². The Morgan fingerprint density at radius 2 is 2.00 bits per heavy atom. The minimum atomic E-state index is -0.410. The van der Waals surface area contributed by atoms with Gasteiger partial charge in [0.15, 0.2) is 0 Å². The third-order valence-corrected chi connectivity index (χ3v) is 5.80. The van der Waals surface area contributed by atoms with Gasteiger partial charge >= 0.3 is 0 Å². The van der Waals surface area contributed by atoms with Gasteiger partial charge in [-0.15, -0.1) is 0 Å². The minimum Gasteiger partial charge on any atom is -0.485 e. The Kier molecular flexibility index (Phi) is 4.85. The van der Waals surface area contributed by atoms with E-state index in [0.29, 0.717) is 24.5 Å². The van der Waals surface area contributed by atoms with Crippen LogP contribution in [0, 0.1) is 5.92 Å². The summed E-state index contributed by atoms with van der Waals surface area (Å²) in [4.78, 5) is 24.8. The third kappa shape index (κ3) is 3.56. The van der Waals surface area contributed by atoms with E-state index in [0.717, 1.165) is 45.1 Å². The first-order valence-corrected chi connectivity index (χ1v) is 9.60. The number of rotatable bonds is 2. The fourth-order valence-electron chi connectivity index (χ4n) is 4.21. The molecule has 0 bridgehead atoms. The van der Waals surface area contributed by atoms with E-state index in [2.05, 4.69) is 10.6 Å². The van der Waals surface area contributed by atoms with Gasteiger partial charge in [-0.2, -0.15) is 0 Å². The first kappa shape index (κ1) is 17.3. The summed E-state index contributed by atoms with van der Waals surface area (Å²) in [6.07, 6.45) is 5.08. The summed E-state index contributed by atoms with van der Waals surface area (Å²) in [5.74, 6) is 0.702. The molecule has 1 unspecified atom stereocenters. The minimum absolute atomic E-state index is 0.0142. The van der Waals surface area contributed by atoms with Crippen LogP contribution in [0.1, 0.15) is 48.9 Å². The number of hydrogen-bond acceptors (Lipinski definition) is 4. The zero-order chi connectivity index (χ0) is 18.0. The predicted molar refractivity (Wildman–Crippen MR) is 96.1 cm³/mol. The molecule has 2 N–H and O–H groups in total. The Morgan fingerprint density at radius 3 is 2.77 bits per heavy atom. The van der Waals surface area contributed by atoms with E-state index in [1.54, 1.807) is 6.07 Å². The van der Waals surface area contributed by atoms with Gasteiger partial charge in [-0.05, 0) is 50.7 Å². The number of hydrogen-bond donors (Lipinski definition) is 2. The summed E-state index contributed by atoms with van der Waals surface area (Å²) in [5.41, 5.74) is 0.175. The maximum absolute atomic E-state index is 12.6. The van der Waals surface area contributed by atoms with Crippen LogP contribution >= 0.6 is 0 Å². The molecule has 1 aromatic carbocycles. The van der Waals surface area contributed by atoms with Crippen LogP contribution in [0.25, 0.3) is 0 Å². The molecule has 1 aliphatic carbocycles. The number of carbonyl (C=O) groups is 2. The molecule has 1 atom stereocenters. The highest BCUT2D eigenvalue weighted by Gasteiger charge is 2.42. The van der Waals surface area contributed by atoms with Gasteiger partial charge in [0.1, 0.15) is 11.4 Å². The molecule has 140 valence electrons. The molecule has 6 nitrogen and oxygen atoms in total. The number of fused-ring (bicyclic) bond motifs is 1. The number of amides is 2. The van der Waals surface area contributed by atoms with Crippen molar-refractivity contribution in [1.82, 2.24) is 10.6 Å². The zero-order valence-corrected chi connectivity index (χ0v) is 15.0. The Balaban J connectivity index is 1.38. The number of benzene rings is 1. The van der Waals surface area contributed by atoms with Gasteiger partial charge in [0.25, 0.3) is 5.91 Å². The first-order valence-electron chi connectivity index (χ1n) is 9.60. The van der Waals surface area contributed by atoms with Crippen molar-refractivity contribution in [3.05, 3.63) is 29.8 Å². The number of para-hydroxylation sites is 1. The maximum atomic E-state index is 12.6. The Hall–Kier alpha value is -2.08. The second-order valence-electron chi connectivity index (χ2n) is 7.66. The van der Waals surface area contributed by atoms with Gasteiger partial charge in [0, 0.05) is 12.5 Å². The Morgan fingerprint density at radius 1 is 1.19 bits per heavy atom. The SMILES string of the molecule is O=C1NCC2(CCC(C(=O)NC3CCCOC3)CC2)Oc2ccccc21. The highest BCUT2D eigenvalue weighted by Crippen LogP contribution is 2.38. The number of nitrogens with one attached hydrogen (secondary N) is 2. The van der Waals surface area contributed by atoms with Crippen LogP contribution in [0.15, 0.2) is 24.3 Å². The van der Waals surface area contributed by atoms with Gasteiger partial charge < -0.3 is 20.1 Å². The summed E-state index contributed by atoms with van der Waals surface area (Å²) in [6.45, 7) is 1.91. The van der Waals surface area contributed by atoms with E-state index in [1.807, 2.05) is 18.2 Å². The van der Waals surface area contributed by atoms with Crippen molar-refractivity contribution >= 4 is 11.8 Å². The van der Waals surface area contributed by atoms with E-state index in [1.165, 1.54) is 0 Å². The molecule has 1 aromatic rings. The maximum Gasteiger partial charge on any atom is 0.255 e. The predicted octanol–water partition coefficient (Wildman–Crippen LogP) is 2.03. The van der Waals surface area contributed by atoms with E-state index in [-0.39, 0.29) is 23.8 Å². The highest BCUT2D eigenvalue weighted by atomic mass is 16.5. The van der Waals surface area contributed by atoms with Crippen molar-refractivity contribution in [1.29, 1.82) is 0 Å². The lowest BCUT2D eigenvalue weighted by atomic mass is 9.78. The van der Waals surface area contributed by atoms with Crippen molar-refractivity contribution < 1.29 is 19.1 Å². The lowest BCUT2D eigenvalue weighted by Gasteiger charge is -2.39. The van der Waals surface area contributed by atoms with Crippen LogP contribution in [0.3, 0.4) is 0 Å². The second kappa shape index (κ2) is 7.27. The van der Waals surface area contributed by atoms with Crippen LogP contribution in [-0.2, 0) is 9.53 Å². The van der Waals surface area contributed by atoms with Crippen molar-refractivity contribution in [2.45, 2.75) is 50.2 Å². The molecule has 3 aliphatic rings. The topological polar surface area (TPSA) is 76.7 Å². The molecule has 6 heteroatoms. The quantitative estimate of drug-likeness (QED) is 0.848. The van der Waals surface area contributed by atoms with E-state index in [9.17, 15) is 9.59 Å². The molecule has 4 rings (SSSR count). The number of carbonyl (C=O) groups excluding carboxylic acids is 2. The fraction of sp³-hybridized carbons (Fsp3) is 0.600. The second-order valence-corrected chi connectivity index (χ2v) is 7.66. The lowest BCUT2D eigenvalue weighted by molar-refractivity contribution is -0.129. The third-order valence-electron chi connectivity index (χ3n) is 5.80. The molecule has 2 aliphatic heterocycles. The largest absolute Gasteiger partial charge is 0.485 e. The molecule has 1 spiro atoms. The molecule has 0 radical (unpaired) electrons. The van der Waals surface area contributed by atoms with Gasteiger partial charge in [-0.1, -0.05) is 12.1 Å². The van der Waals surface area contributed by atoms with Crippen LogP contribution < -0.4 is 15.4 Å². The number of ether oxygens (including phenoxy) is 2. The van der Waals surface area contributed by atoms with E-state index >= 15 is 0 Å². The molecule has 1 saturated heterocycles. The van der Waals surface area contributed by atoms with Crippen molar-refractivity contribution in [3.8, 4) is 5.75 Å². The van der Waals surface area contributed by atoms with Crippen molar-refractivity contribution in [3.63, 3.8) is 0 Å². The summed E-state index contributed by atoms with van der Waals surface area (Å²) in [6, 6.07) is 7.51. The van der Waals surface area contributed by atoms with Crippen LogP contribution in [0.5, 0.6) is 5.75 Å². The summed E-state index contributed by atoms with van der Waals surface area (Å²) >= 11 is 0. The van der Waals surface area contributed by atoms with Gasteiger partial charge in [-0.3, -0.25) is 9.59 Å². The Labute approximate surface area is 153 Å². The van der Waals surface area contributed by atoms with E-state index < -0.39 is 5.60 Å². The van der Waals surface area contributed by atoms with Crippen LogP contribution in [0.4, 0.5) is 0 Å². The fourth-order valence-corrected chi connectivity index (χ4v) is 4.21. The monoisotopic (exact) mass is 358 g/mol. The summed E-state index contributed by atoms with van der Waals surface area (Å²) in [7, 11) is 0. The zero-order valence-electron chi connectivity index (χ0n) is 15.0. The molecule has 0 aromatic heterocycles. The molecule has 2 heterocycles. The lowest BCUT2D eigenvalue weighted by Crippen LogP contribution is -2.50. The highest BCUT2D eigenvalue weighted by molar-refractivity contribution is 5.97. The molecule has 1 saturated carbocycles. The Bertz CT molecular complexity index is 676. The van der Waals surface area contributed by atoms with Gasteiger partial charge in [0.2, 0.25) is 5.91 Å². The molecular formula is C20H26N2O4. The molecule has 2 fully saturated rings.